The number of hydrogen-bond donors (Lipinski definition) is 6. The Bertz CT molecular complexity index is 2120. The number of nitrogens with one attached hydrogen (secondary N) is 2. The van der Waals surface area contributed by atoms with Crippen LogP contribution in [-0.4, -0.2) is 130 Å². The molecule has 1 saturated heterocycles. The Morgan fingerprint density at radius 2 is 0.720 bits per heavy atom. The molecule has 586 valence electrons. The maximum atomic E-state index is 14.8. The van der Waals surface area contributed by atoms with Crippen LogP contribution in [0.1, 0.15) is 388 Å². The first-order valence-corrected chi connectivity index (χ1v) is 42.1. The third-order valence-electron chi connectivity index (χ3n) is 18.9. The largest absolute Gasteiger partial charge is 0.480 e. The molecule has 100 heavy (non-hydrogen) atoms. The van der Waals surface area contributed by atoms with Crippen molar-refractivity contribution in [2.75, 3.05) is 13.2 Å². The number of hydrogen-bond acceptors (Lipinski definition) is 16. The van der Waals surface area contributed by atoms with Crippen molar-refractivity contribution >= 4 is 49.5 Å². The zero-order valence-corrected chi connectivity index (χ0v) is 64.5. The van der Waals surface area contributed by atoms with Gasteiger partial charge in [-0.15, -0.1) is 0 Å². The molecule has 21 nitrogen and oxygen atoms in total. The van der Waals surface area contributed by atoms with Gasteiger partial charge < -0.3 is 59.1 Å². The number of rotatable bonds is 70. The number of carbonyl (C=O) groups is 7. The van der Waals surface area contributed by atoms with Gasteiger partial charge in [0.1, 0.15) is 36.6 Å². The molecule has 4 unspecified atom stereocenters. The molecule has 22 heteroatoms. The number of unbranched alkanes of at least 4 members (excludes halogenated alkanes) is 39. The maximum absolute atomic E-state index is 14.8. The summed E-state index contributed by atoms with van der Waals surface area (Å²) < 4.78 is 54.7. The van der Waals surface area contributed by atoms with E-state index in [2.05, 4.69) is 52.2 Å². The fourth-order valence-corrected chi connectivity index (χ4v) is 13.5. The van der Waals surface area contributed by atoms with Crippen LogP contribution in [0.5, 0.6) is 0 Å². The summed E-state index contributed by atoms with van der Waals surface area (Å²) in [5.41, 5.74) is 0. The first kappa shape index (κ1) is 94.3. The lowest BCUT2D eigenvalue weighted by Gasteiger charge is -2.45. The normalized spacial score (nSPS) is 17.4. The maximum Gasteiger partial charge on any atom is 0.470 e. The van der Waals surface area contributed by atoms with Gasteiger partial charge >= 0.3 is 37.7 Å². The second-order valence-electron chi connectivity index (χ2n) is 28.5. The summed E-state index contributed by atoms with van der Waals surface area (Å²) in [6.45, 7) is 11.0. The van der Waals surface area contributed by atoms with Crippen molar-refractivity contribution in [3.8, 4) is 0 Å². The molecule has 0 aromatic heterocycles. The third-order valence-corrected chi connectivity index (χ3v) is 19.5. The molecule has 0 saturated carbocycles. The van der Waals surface area contributed by atoms with Crippen molar-refractivity contribution in [1.29, 1.82) is 0 Å². The minimum absolute atomic E-state index is 0.123. The van der Waals surface area contributed by atoms with Crippen LogP contribution in [-0.2, 0) is 71.1 Å². The predicted molar refractivity (Wildman–Crippen MR) is 393 cm³/mol. The molecule has 2 amide bonds. The number of carbonyl (C=O) groups excluding carboxylic acids is 6. The summed E-state index contributed by atoms with van der Waals surface area (Å²) in [4.78, 5) is 118. The van der Waals surface area contributed by atoms with Gasteiger partial charge in [-0.05, 0) is 57.8 Å². The Balaban J connectivity index is 3.85. The number of aliphatic carboxylic acids is 1. The van der Waals surface area contributed by atoms with E-state index < -0.39 is 131 Å². The topological polar surface area (TPSA) is 306 Å². The smallest absolute Gasteiger partial charge is 0.470 e. The summed E-state index contributed by atoms with van der Waals surface area (Å²) in [7, 11) is -5.56. The molecule has 0 radical (unpaired) electrons. The second-order valence-corrected chi connectivity index (χ2v) is 29.7. The molecule has 0 aliphatic carbocycles. The number of amides is 2. The summed E-state index contributed by atoms with van der Waals surface area (Å²) in [6.07, 6.45) is 34.4. The van der Waals surface area contributed by atoms with Crippen molar-refractivity contribution in [3.05, 3.63) is 0 Å². The Kier molecular flexibility index (Phi) is 60.1. The zero-order valence-electron chi connectivity index (χ0n) is 63.7. The lowest BCUT2D eigenvalue weighted by atomic mass is 9.95. The van der Waals surface area contributed by atoms with Crippen LogP contribution in [0.4, 0.5) is 0 Å². The average molecular weight is 1450 g/mol. The van der Waals surface area contributed by atoms with Crippen LogP contribution in [0.3, 0.4) is 0 Å². The van der Waals surface area contributed by atoms with E-state index in [0.29, 0.717) is 51.4 Å². The quantitative estimate of drug-likeness (QED) is 0.0143. The van der Waals surface area contributed by atoms with E-state index in [9.17, 15) is 58.1 Å². The average Bonchev–Trinajstić information content (AvgIpc) is 0.781. The van der Waals surface area contributed by atoms with Crippen molar-refractivity contribution in [2.24, 2.45) is 0 Å². The molecular weight excluding hydrogens is 1300 g/mol. The number of phosphoric acid groups is 1. The van der Waals surface area contributed by atoms with Gasteiger partial charge in [0.2, 0.25) is 11.8 Å². The highest BCUT2D eigenvalue weighted by Crippen LogP contribution is 2.42. The molecule has 0 bridgehead atoms. The van der Waals surface area contributed by atoms with Crippen molar-refractivity contribution < 1.29 is 91.1 Å². The minimum atomic E-state index is -5.56. The van der Waals surface area contributed by atoms with E-state index in [1.54, 1.807) is 0 Å². The van der Waals surface area contributed by atoms with Gasteiger partial charge in [0.25, 0.3) is 0 Å². The van der Waals surface area contributed by atoms with Crippen LogP contribution < -0.4 is 10.6 Å². The summed E-state index contributed by atoms with van der Waals surface area (Å²) in [6, 6.07) is -3.59. The molecule has 1 heterocycles. The number of ether oxygens (including phenoxy) is 6. The highest BCUT2D eigenvalue weighted by atomic mass is 31.2. The molecule has 9 atom stereocenters. The number of esters is 4. The second kappa shape index (κ2) is 63.7. The van der Waals surface area contributed by atoms with Gasteiger partial charge in [0.15, 0.2) is 18.4 Å². The first-order valence-electron chi connectivity index (χ1n) is 40.6. The predicted octanol–water partition coefficient (Wildman–Crippen LogP) is 18.1. The van der Waals surface area contributed by atoms with E-state index in [4.69, 9.17) is 32.9 Å². The lowest BCUT2D eigenvalue weighted by Crippen LogP contribution is -2.66. The van der Waals surface area contributed by atoms with Crippen LogP contribution in [0.25, 0.3) is 0 Å². The molecular formula is C78H145N2O19P. The van der Waals surface area contributed by atoms with Gasteiger partial charge in [-0.2, -0.15) is 0 Å². The SMILES string of the molecule is CCCCCCCCCCCC(CC(=O)NC(CO[C@@H]1O[C@H](CO)[C@@H](OP(=O)(O)O)[C@H](OC(=O)CC(CCCCCCCCCCC)OC(=O)CCCCCCCC)[C@H]1NC(=O)CC(CCCCCCCCCCC)OC(=O)CCCCCCCC)C(=O)O)OC(=O)CCCCCCCC. The van der Waals surface area contributed by atoms with Crippen LogP contribution in [0.15, 0.2) is 0 Å². The van der Waals surface area contributed by atoms with E-state index in [1.165, 1.54) is 44.9 Å². The number of carboxylic acids is 1. The molecule has 0 aromatic rings. The Labute approximate surface area is 605 Å². The van der Waals surface area contributed by atoms with Crippen molar-refractivity contribution in [1.82, 2.24) is 10.6 Å². The number of aliphatic hydroxyl groups is 1. The summed E-state index contributed by atoms with van der Waals surface area (Å²) in [5, 5.41) is 26.9. The standard InChI is InChI=1S/C78H145N2O19P/c1-7-13-19-25-31-34-37-40-46-52-63(94-70(84)55-49-43-28-22-16-10-4)58-68(82)79-66(77(88)89)62-93-78-74(80-69(83)59-64(53-47-41-38-35-32-26-20-14-8-2)95-71(85)56-50-44-29-23-17-11-5)76(75(67(61-81)97-78)99-100(90,91)92)98-73(87)60-65(54-48-42-39-36-33-27-21-15-9-3)96-72(86)57-51-45-30-24-18-12-6/h63-67,74-76,78,81H,7-62H2,1-6H3,(H,79,82)(H,80,83)(H,88,89)(H2,90,91,92)/t63?,64?,65?,66?,67-,74-,75-,76-,78-/m1/s1. The summed E-state index contributed by atoms with van der Waals surface area (Å²) in [5.74, 6) is -5.56. The monoisotopic (exact) mass is 1450 g/mol. The highest BCUT2D eigenvalue weighted by molar-refractivity contribution is 7.46. The molecule has 0 spiro atoms. The van der Waals surface area contributed by atoms with Crippen LogP contribution in [0, 0.1) is 0 Å². The highest BCUT2D eigenvalue weighted by Gasteiger charge is 2.52. The van der Waals surface area contributed by atoms with E-state index in [1.807, 2.05) is 0 Å². The molecule has 1 rings (SSSR count). The van der Waals surface area contributed by atoms with Gasteiger partial charge in [0.05, 0.1) is 32.5 Å². The van der Waals surface area contributed by atoms with Crippen LogP contribution in [0.2, 0.25) is 0 Å². The zero-order chi connectivity index (χ0) is 73.7. The Morgan fingerprint density at radius 3 is 1.04 bits per heavy atom. The Morgan fingerprint density at radius 1 is 0.410 bits per heavy atom. The first-order chi connectivity index (χ1) is 48.3. The van der Waals surface area contributed by atoms with Gasteiger partial charge in [-0.1, -0.05) is 292 Å². The fraction of sp³-hybridized carbons (Fsp3) is 0.910. The number of carboxylic acid groups (broad SMARTS) is 1. The van der Waals surface area contributed by atoms with Crippen molar-refractivity contribution in [3.63, 3.8) is 0 Å². The van der Waals surface area contributed by atoms with Gasteiger partial charge in [-0.3, -0.25) is 33.3 Å². The molecule has 6 N–H and O–H groups in total. The summed E-state index contributed by atoms with van der Waals surface area (Å²) >= 11 is 0. The fourth-order valence-electron chi connectivity index (χ4n) is 13.0. The molecule has 1 fully saturated rings. The minimum Gasteiger partial charge on any atom is -0.480 e. The molecule has 0 aromatic carbocycles. The van der Waals surface area contributed by atoms with Gasteiger partial charge in [0, 0.05) is 19.3 Å². The number of phosphoric ester groups is 1. The van der Waals surface area contributed by atoms with Gasteiger partial charge in [-0.25, -0.2) is 9.36 Å². The van der Waals surface area contributed by atoms with Crippen LogP contribution >= 0.6 is 7.82 Å². The molecule has 1 aliphatic rings. The Hall–Kier alpha value is -3.72. The third kappa shape index (κ3) is 52.3. The van der Waals surface area contributed by atoms with Crippen molar-refractivity contribution in [2.45, 2.75) is 443 Å². The lowest BCUT2D eigenvalue weighted by molar-refractivity contribution is -0.272. The van der Waals surface area contributed by atoms with E-state index in [0.717, 1.165) is 205 Å². The van der Waals surface area contributed by atoms with E-state index in [-0.39, 0.29) is 32.1 Å². The molecule has 1 aliphatic heterocycles. The number of aliphatic hydroxyl groups excluding tert-OH is 1. The van der Waals surface area contributed by atoms with E-state index >= 15 is 0 Å².